The van der Waals surface area contributed by atoms with E-state index in [4.69, 9.17) is 9.84 Å². The lowest BCUT2D eigenvalue weighted by Crippen LogP contribution is -2.02. The number of rotatable bonds is 6. The molecule has 0 aliphatic heterocycles. The summed E-state index contributed by atoms with van der Waals surface area (Å²) in [5, 5.41) is 13.6. The van der Waals surface area contributed by atoms with Crippen molar-refractivity contribution in [1.82, 2.24) is 14.8 Å². The summed E-state index contributed by atoms with van der Waals surface area (Å²) in [6.07, 6.45) is 1.51. The molecule has 1 aromatic heterocycles. The van der Waals surface area contributed by atoms with Crippen molar-refractivity contribution in [2.45, 2.75) is 5.16 Å². The third-order valence-corrected chi connectivity index (χ3v) is 3.35. The van der Waals surface area contributed by atoms with Crippen LogP contribution in [0, 0.1) is 0 Å². The summed E-state index contributed by atoms with van der Waals surface area (Å²) >= 11 is 1.55. The van der Waals surface area contributed by atoms with E-state index in [9.17, 15) is 4.79 Å². The molecule has 0 aliphatic rings. The van der Waals surface area contributed by atoms with E-state index in [1.807, 2.05) is 7.05 Å². The van der Waals surface area contributed by atoms with Gasteiger partial charge in [0.1, 0.15) is 12.1 Å². The molecule has 0 atom stereocenters. The maximum atomic E-state index is 10.7. The normalized spacial score (nSPS) is 10.4. The second-order valence-corrected chi connectivity index (χ2v) is 4.75. The number of aromatic carboxylic acids is 1. The molecule has 0 fully saturated rings. The molecule has 0 spiro atoms. The van der Waals surface area contributed by atoms with Crippen LogP contribution in [0.5, 0.6) is 5.75 Å². The molecule has 0 saturated heterocycles. The number of carboxylic acids is 1. The van der Waals surface area contributed by atoms with Crippen molar-refractivity contribution in [2.75, 3.05) is 12.4 Å². The number of thioether (sulfide) groups is 1. The SMILES string of the molecule is Cn1ncnc1SCCOc1ccc(C(=O)O)cc1. The first-order chi connectivity index (χ1) is 9.16. The van der Waals surface area contributed by atoms with Crippen molar-refractivity contribution in [3.63, 3.8) is 0 Å². The second kappa shape index (κ2) is 6.24. The van der Waals surface area contributed by atoms with Crippen LogP contribution in [-0.4, -0.2) is 38.2 Å². The lowest BCUT2D eigenvalue weighted by molar-refractivity contribution is 0.0697. The van der Waals surface area contributed by atoms with Crippen LogP contribution in [0.1, 0.15) is 10.4 Å². The first kappa shape index (κ1) is 13.4. The smallest absolute Gasteiger partial charge is 0.335 e. The highest BCUT2D eigenvalue weighted by Crippen LogP contribution is 2.15. The molecule has 1 N–H and O–H groups in total. The minimum atomic E-state index is -0.940. The first-order valence-corrected chi connectivity index (χ1v) is 6.58. The number of hydrogen-bond donors (Lipinski definition) is 1. The van der Waals surface area contributed by atoms with Crippen molar-refractivity contribution in [1.29, 1.82) is 0 Å². The van der Waals surface area contributed by atoms with Crippen molar-refractivity contribution >= 4 is 17.7 Å². The minimum Gasteiger partial charge on any atom is -0.493 e. The van der Waals surface area contributed by atoms with E-state index in [1.165, 1.54) is 18.5 Å². The minimum absolute atomic E-state index is 0.251. The van der Waals surface area contributed by atoms with Gasteiger partial charge in [0.05, 0.1) is 12.2 Å². The summed E-state index contributed by atoms with van der Waals surface area (Å²) in [7, 11) is 1.83. The monoisotopic (exact) mass is 279 g/mol. The predicted molar refractivity (Wildman–Crippen MR) is 70.6 cm³/mol. The van der Waals surface area contributed by atoms with E-state index in [0.717, 1.165) is 10.9 Å². The molecule has 100 valence electrons. The van der Waals surface area contributed by atoms with Crippen LogP contribution in [0.2, 0.25) is 0 Å². The summed E-state index contributed by atoms with van der Waals surface area (Å²) in [4.78, 5) is 14.8. The number of nitrogens with zero attached hydrogens (tertiary/aromatic N) is 3. The van der Waals surface area contributed by atoms with Crippen molar-refractivity contribution in [3.05, 3.63) is 36.2 Å². The molecular weight excluding hydrogens is 266 g/mol. The summed E-state index contributed by atoms with van der Waals surface area (Å²) in [5.74, 6) is 0.459. The highest BCUT2D eigenvalue weighted by molar-refractivity contribution is 7.99. The summed E-state index contributed by atoms with van der Waals surface area (Å²) in [6.45, 7) is 0.518. The molecule has 1 aromatic carbocycles. The van der Waals surface area contributed by atoms with Crippen LogP contribution >= 0.6 is 11.8 Å². The van der Waals surface area contributed by atoms with Crippen LogP contribution in [-0.2, 0) is 7.05 Å². The standard InChI is InChI=1S/C12H13N3O3S/c1-15-12(13-8-14-15)19-7-6-18-10-4-2-9(3-5-10)11(16)17/h2-5,8H,6-7H2,1H3,(H,16,17). The Kier molecular flexibility index (Phi) is 4.40. The Morgan fingerprint density at radius 2 is 2.16 bits per heavy atom. The van der Waals surface area contributed by atoms with Crippen LogP contribution < -0.4 is 4.74 Å². The molecule has 0 unspecified atom stereocenters. The maximum Gasteiger partial charge on any atom is 0.335 e. The Labute approximate surface area is 114 Å². The molecule has 19 heavy (non-hydrogen) atoms. The number of ether oxygens (including phenoxy) is 1. The Bertz CT molecular complexity index is 554. The van der Waals surface area contributed by atoms with Gasteiger partial charge in [0, 0.05) is 12.8 Å². The van der Waals surface area contributed by atoms with Crippen molar-refractivity contribution in [3.8, 4) is 5.75 Å². The summed E-state index contributed by atoms with van der Waals surface area (Å²) < 4.78 is 7.21. The molecule has 2 aromatic rings. The van der Waals surface area contributed by atoms with E-state index in [0.29, 0.717) is 12.4 Å². The van der Waals surface area contributed by atoms with Gasteiger partial charge in [-0.1, -0.05) is 11.8 Å². The van der Waals surface area contributed by atoms with Gasteiger partial charge >= 0.3 is 5.97 Å². The number of aromatic nitrogens is 3. The fraction of sp³-hybridized carbons (Fsp3) is 0.250. The number of hydrogen-bond acceptors (Lipinski definition) is 5. The van der Waals surface area contributed by atoms with Gasteiger partial charge < -0.3 is 9.84 Å². The summed E-state index contributed by atoms with van der Waals surface area (Å²) in [6, 6.07) is 6.34. The molecule has 2 rings (SSSR count). The lowest BCUT2D eigenvalue weighted by Gasteiger charge is -2.05. The topological polar surface area (TPSA) is 77.2 Å². The molecular formula is C12H13N3O3S. The van der Waals surface area contributed by atoms with Gasteiger partial charge in [-0.25, -0.2) is 14.5 Å². The largest absolute Gasteiger partial charge is 0.493 e. The van der Waals surface area contributed by atoms with Gasteiger partial charge in [0.15, 0.2) is 5.16 Å². The zero-order chi connectivity index (χ0) is 13.7. The predicted octanol–water partition coefficient (Wildman–Crippen LogP) is 1.68. The van der Waals surface area contributed by atoms with Gasteiger partial charge in [0.2, 0.25) is 0 Å². The number of benzene rings is 1. The third-order valence-electron chi connectivity index (χ3n) is 2.35. The maximum absolute atomic E-state index is 10.7. The van der Waals surface area contributed by atoms with Crippen LogP contribution in [0.3, 0.4) is 0 Å². The average molecular weight is 279 g/mol. The molecule has 0 aliphatic carbocycles. The fourth-order valence-corrected chi connectivity index (χ4v) is 2.11. The van der Waals surface area contributed by atoms with E-state index in [1.54, 1.807) is 28.6 Å². The zero-order valence-corrected chi connectivity index (χ0v) is 11.1. The highest BCUT2D eigenvalue weighted by Gasteiger charge is 2.03. The molecule has 0 amide bonds. The van der Waals surface area contributed by atoms with Crippen LogP contribution in [0.15, 0.2) is 35.7 Å². The lowest BCUT2D eigenvalue weighted by atomic mass is 10.2. The van der Waals surface area contributed by atoms with E-state index in [-0.39, 0.29) is 5.56 Å². The second-order valence-electron chi connectivity index (χ2n) is 3.69. The molecule has 7 heteroatoms. The Morgan fingerprint density at radius 1 is 1.42 bits per heavy atom. The number of carbonyl (C=O) groups is 1. The van der Waals surface area contributed by atoms with Gasteiger partial charge in [-0.3, -0.25) is 0 Å². The van der Waals surface area contributed by atoms with E-state index < -0.39 is 5.97 Å². The van der Waals surface area contributed by atoms with E-state index >= 15 is 0 Å². The molecule has 0 bridgehead atoms. The first-order valence-electron chi connectivity index (χ1n) is 5.60. The van der Waals surface area contributed by atoms with Gasteiger partial charge in [-0.2, -0.15) is 5.10 Å². The molecule has 0 saturated carbocycles. The van der Waals surface area contributed by atoms with Crippen molar-refractivity contribution in [2.24, 2.45) is 7.05 Å². The van der Waals surface area contributed by atoms with Gasteiger partial charge in [0.25, 0.3) is 0 Å². The van der Waals surface area contributed by atoms with Gasteiger partial charge in [-0.15, -0.1) is 0 Å². The Morgan fingerprint density at radius 3 is 2.74 bits per heavy atom. The fourth-order valence-electron chi connectivity index (χ4n) is 1.40. The molecule has 0 radical (unpaired) electrons. The summed E-state index contributed by atoms with van der Waals surface area (Å²) in [5.41, 5.74) is 0.251. The Hall–Kier alpha value is -2.02. The van der Waals surface area contributed by atoms with Crippen LogP contribution in [0.4, 0.5) is 0 Å². The molecule has 6 nitrogen and oxygen atoms in total. The average Bonchev–Trinajstić information content (AvgIpc) is 2.81. The third kappa shape index (κ3) is 3.72. The number of aryl methyl sites for hydroxylation is 1. The zero-order valence-electron chi connectivity index (χ0n) is 10.3. The molecule has 1 heterocycles. The van der Waals surface area contributed by atoms with Crippen molar-refractivity contribution < 1.29 is 14.6 Å². The highest BCUT2D eigenvalue weighted by atomic mass is 32.2. The number of carboxylic acid groups (broad SMARTS) is 1. The Balaban J connectivity index is 1.76. The quantitative estimate of drug-likeness (QED) is 0.640. The van der Waals surface area contributed by atoms with E-state index in [2.05, 4.69) is 10.1 Å². The van der Waals surface area contributed by atoms with Crippen LogP contribution in [0.25, 0.3) is 0 Å². The van der Waals surface area contributed by atoms with Gasteiger partial charge in [-0.05, 0) is 24.3 Å².